The van der Waals surface area contributed by atoms with Crippen molar-refractivity contribution in [2.75, 3.05) is 10.0 Å². The Kier molecular flexibility index (Phi) is 6.16. The minimum atomic E-state index is -4.56. The standard InChI is InChI=1S/C20H14F3N3O5S/c21-20(22,23)14-3-1-4-16(11-14)24-19(27)13-7-9-15(10-8-13)25-32(30,31)18-6-2-5-17(12-18)26(28)29/h1-12,25H,(H,24,27). The van der Waals surface area contributed by atoms with Crippen molar-refractivity contribution in [3.8, 4) is 0 Å². The minimum absolute atomic E-state index is 0.0553. The Labute approximate surface area is 179 Å². The second kappa shape index (κ2) is 8.67. The smallest absolute Gasteiger partial charge is 0.322 e. The molecule has 0 aromatic heterocycles. The Morgan fingerprint density at radius 1 is 0.906 bits per heavy atom. The molecule has 32 heavy (non-hydrogen) atoms. The summed E-state index contributed by atoms with van der Waals surface area (Å²) in [6, 6.07) is 13.7. The van der Waals surface area contributed by atoms with Crippen LogP contribution in [-0.4, -0.2) is 19.2 Å². The maximum absolute atomic E-state index is 12.8. The summed E-state index contributed by atoms with van der Waals surface area (Å²) in [5.74, 6) is -0.697. The third-order valence-corrected chi connectivity index (χ3v) is 5.56. The van der Waals surface area contributed by atoms with Crippen LogP contribution in [0.15, 0.2) is 77.7 Å². The number of sulfonamides is 1. The zero-order chi connectivity index (χ0) is 23.5. The van der Waals surface area contributed by atoms with E-state index in [1.165, 1.54) is 42.5 Å². The number of alkyl halides is 3. The van der Waals surface area contributed by atoms with Gasteiger partial charge in [0.1, 0.15) is 0 Å². The largest absolute Gasteiger partial charge is 0.416 e. The van der Waals surface area contributed by atoms with Gasteiger partial charge in [-0.05, 0) is 48.5 Å². The van der Waals surface area contributed by atoms with Crippen LogP contribution in [0, 0.1) is 10.1 Å². The fourth-order valence-corrected chi connectivity index (χ4v) is 3.74. The number of hydrogen-bond donors (Lipinski definition) is 2. The van der Waals surface area contributed by atoms with Gasteiger partial charge in [0.2, 0.25) is 0 Å². The minimum Gasteiger partial charge on any atom is -0.322 e. The van der Waals surface area contributed by atoms with Crippen LogP contribution in [0.25, 0.3) is 0 Å². The summed E-state index contributed by atoms with van der Waals surface area (Å²) in [7, 11) is -4.13. The molecule has 1 amide bonds. The van der Waals surface area contributed by atoms with Gasteiger partial charge >= 0.3 is 6.18 Å². The molecular weight excluding hydrogens is 451 g/mol. The highest BCUT2D eigenvalue weighted by Gasteiger charge is 2.30. The fourth-order valence-electron chi connectivity index (χ4n) is 2.64. The fraction of sp³-hybridized carbons (Fsp3) is 0.0500. The van der Waals surface area contributed by atoms with E-state index in [0.717, 1.165) is 30.3 Å². The van der Waals surface area contributed by atoms with Crippen LogP contribution in [0.3, 0.4) is 0 Å². The number of hydrogen-bond acceptors (Lipinski definition) is 5. The van der Waals surface area contributed by atoms with Gasteiger partial charge in [-0.15, -0.1) is 0 Å². The molecule has 0 spiro atoms. The molecule has 3 rings (SSSR count). The van der Waals surface area contributed by atoms with E-state index < -0.39 is 38.3 Å². The summed E-state index contributed by atoms with van der Waals surface area (Å²) in [6.45, 7) is 0. The van der Waals surface area contributed by atoms with Crippen LogP contribution >= 0.6 is 0 Å². The van der Waals surface area contributed by atoms with E-state index in [9.17, 15) is 36.5 Å². The molecule has 2 N–H and O–H groups in total. The summed E-state index contributed by atoms with van der Waals surface area (Å²) in [5.41, 5.74) is -1.22. The van der Waals surface area contributed by atoms with E-state index in [2.05, 4.69) is 10.0 Å². The van der Waals surface area contributed by atoms with Gasteiger partial charge in [-0.1, -0.05) is 12.1 Å². The first-order valence-electron chi connectivity index (χ1n) is 8.82. The van der Waals surface area contributed by atoms with Crippen LogP contribution < -0.4 is 10.0 Å². The zero-order valence-corrected chi connectivity index (χ0v) is 16.8. The molecule has 0 saturated heterocycles. The van der Waals surface area contributed by atoms with Gasteiger partial charge in [0.25, 0.3) is 21.6 Å². The average Bonchev–Trinajstić information content (AvgIpc) is 2.73. The van der Waals surface area contributed by atoms with Crippen LogP contribution in [-0.2, 0) is 16.2 Å². The molecule has 0 atom stereocenters. The number of nitrogens with zero attached hydrogens (tertiary/aromatic N) is 1. The summed E-state index contributed by atoms with van der Waals surface area (Å²) in [4.78, 5) is 22.1. The number of amides is 1. The summed E-state index contributed by atoms with van der Waals surface area (Å²) in [6.07, 6.45) is -4.56. The highest BCUT2D eigenvalue weighted by atomic mass is 32.2. The zero-order valence-electron chi connectivity index (χ0n) is 16.0. The van der Waals surface area contributed by atoms with Crippen LogP contribution in [0.5, 0.6) is 0 Å². The number of carbonyl (C=O) groups is 1. The van der Waals surface area contributed by atoms with E-state index in [1.807, 2.05) is 0 Å². The first-order chi connectivity index (χ1) is 15.0. The number of nitrogens with one attached hydrogen (secondary N) is 2. The topological polar surface area (TPSA) is 118 Å². The number of nitro groups is 1. The van der Waals surface area contributed by atoms with E-state index in [0.29, 0.717) is 0 Å². The lowest BCUT2D eigenvalue weighted by Gasteiger charge is -2.11. The van der Waals surface area contributed by atoms with E-state index in [4.69, 9.17) is 0 Å². The quantitative estimate of drug-likeness (QED) is 0.405. The van der Waals surface area contributed by atoms with E-state index in [1.54, 1.807) is 0 Å². The third-order valence-electron chi connectivity index (χ3n) is 4.19. The van der Waals surface area contributed by atoms with Gasteiger partial charge in [0.15, 0.2) is 0 Å². The van der Waals surface area contributed by atoms with Crippen molar-refractivity contribution in [3.63, 3.8) is 0 Å². The number of nitro benzene ring substituents is 1. The first-order valence-corrected chi connectivity index (χ1v) is 10.3. The Balaban J connectivity index is 1.73. The molecule has 0 bridgehead atoms. The van der Waals surface area contributed by atoms with Crippen molar-refractivity contribution < 1.29 is 31.3 Å². The lowest BCUT2D eigenvalue weighted by Crippen LogP contribution is -2.15. The van der Waals surface area contributed by atoms with Gasteiger partial charge in [-0.2, -0.15) is 13.2 Å². The van der Waals surface area contributed by atoms with Crippen LogP contribution in [0.4, 0.5) is 30.2 Å². The molecule has 3 aromatic carbocycles. The number of non-ortho nitro benzene ring substituents is 1. The Morgan fingerprint density at radius 3 is 2.19 bits per heavy atom. The predicted molar refractivity (Wildman–Crippen MR) is 110 cm³/mol. The summed E-state index contributed by atoms with van der Waals surface area (Å²) >= 11 is 0. The number of halogens is 3. The third kappa shape index (κ3) is 5.40. The number of rotatable bonds is 6. The number of anilines is 2. The molecule has 8 nitrogen and oxygen atoms in total. The van der Waals surface area contributed by atoms with Crippen LogP contribution in [0.2, 0.25) is 0 Å². The van der Waals surface area contributed by atoms with Crippen molar-refractivity contribution in [1.29, 1.82) is 0 Å². The SMILES string of the molecule is O=C(Nc1cccc(C(F)(F)F)c1)c1ccc(NS(=O)(=O)c2cccc([N+](=O)[O-])c2)cc1. The van der Waals surface area contributed by atoms with Crippen molar-refractivity contribution in [3.05, 3.63) is 94.0 Å². The molecule has 0 aliphatic heterocycles. The monoisotopic (exact) mass is 465 g/mol. The molecule has 0 radical (unpaired) electrons. The molecule has 0 unspecified atom stereocenters. The second-order valence-electron chi connectivity index (χ2n) is 6.47. The van der Waals surface area contributed by atoms with Crippen molar-refractivity contribution in [1.82, 2.24) is 0 Å². The van der Waals surface area contributed by atoms with Gasteiger partial charge in [-0.25, -0.2) is 8.42 Å². The van der Waals surface area contributed by atoms with Gasteiger partial charge in [0.05, 0.1) is 15.4 Å². The lowest BCUT2D eigenvalue weighted by atomic mass is 10.1. The highest BCUT2D eigenvalue weighted by molar-refractivity contribution is 7.92. The Bertz CT molecular complexity index is 1280. The van der Waals surface area contributed by atoms with Crippen LogP contribution in [0.1, 0.15) is 15.9 Å². The van der Waals surface area contributed by atoms with Crippen molar-refractivity contribution >= 4 is 33.0 Å². The Hall–Kier alpha value is -3.93. The lowest BCUT2D eigenvalue weighted by molar-refractivity contribution is -0.385. The molecule has 0 fully saturated rings. The molecule has 0 heterocycles. The number of carbonyl (C=O) groups excluding carboxylic acids is 1. The maximum Gasteiger partial charge on any atom is 0.416 e. The average molecular weight is 465 g/mol. The van der Waals surface area contributed by atoms with Gasteiger partial charge < -0.3 is 5.32 Å². The normalized spacial score (nSPS) is 11.6. The van der Waals surface area contributed by atoms with Gasteiger partial charge in [0, 0.05) is 29.1 Å². The molecule has 0 aliphatic carbocycles. The summed E-state index contributed by atoms with van der Waals surface area (Å²) in [5, 5.41) is 13.2. The second-order valence-corrected chi connectivity index (χ2v) is 8.15. The molecule has 3 aromatic rings. The molecule has 12 heteroatoms. The predicted octanol–water partition coefficient (Wildman–Crippen LogP) is 4.67. The molecular formula is C20H14F3N3O5S. The Morgan fingerprint density at radius 2 is 1.56 bits per heavy atom. The molecule has 166 valence electrons. The molecule has 0 saturated carbocycles. The number of benzene rings is 3. The highest BCUT2D eigenvalue weighted by Crippen LogP contribution is 2.30. The first kappa shape index (κ1) is 22.7. The van der Waals surface area contributed by atoms with Crippen molar-refractivity contribution in [2.45, 2.75) is 11.1 Å². The summed E-state index contributed by atoms with van der Waals surface area (Å²) < 4.78 is 65.5. The van der Waals surface area contributed by atoms with Crippen molar-refractivity contribution in [2.24, 2.45) is 0 Å². The molecule has 0 aliphatic rings. The maximum atomic E-state index is 12.8. The van der Waals surface area contributed by atoms with E-state index in [-0.39, 0.29) is 21.8 Å². The van der Waals surface area contributed by atoms with E-state index >= 15 is 0 Å². The van der Waals surface area contributed by atoms with Gasteiger partial charge in [-0.3, -0.25) is 19.6 Å².